The monoisotopic (exact) mass is 516 g/mol. The van der Waals surface area contributed by atoms with Gasteiger partial charge in [-0.25, -0.2) is 4.79 Å². The normalized spacial score (nSPS) is 12.0. The quantitative estimate of drug-likeness (QED) is 0.326. The van der Waals surface area contributed by atoms with E-state index in [-0.39, 0.29) is 11.1 Å². The third kappa shape index (κ3) is 6.40. The summed E-state index contributed by atoms with van der Waals surface area (Å²) in [5.41, 5.74) is 2.20. The van der Waals surface area contributed by atoms with Gasteiger partial charge in [0, 0.05) is 29.7 Å². The summed E-state index contributed by atoms with van der Waals surface area (Å²) in [6.45, 7) is 14.2. The Morgan fingerprint density at radius 3 is 2.17 bits per heavy atom. The Kier molecular flexibility index (Phi) is 8.25. The van der Waals surface area contributed by atoms with Gasteiger partial charge in [0.15, 0.2) is 5.76 Å². The topological polar surface area (TPSA) is 54.7 Å². The zero-order chi connectivity index (χ0) is 26.0. The molecule has 3 aromatic rings. The lowest BCUT2D eigenvalue weighted by atomic mass is 9.97. The van der Waals surface area contributed by atoms with Crippen molar-refractivity contribution in [2.24, 2.45) is 0 Å². The maximum absolute atomic E-state index is 13.2. The average Bonchev–Trinajstić information content (AvgIpc) is 3.17. The number of nitrogens with zero attached hydrogens (tertiary/aromatic N) is 1. The van der Waals surface area contributed by atoms with Crippen molar-refractivity contribution in [1.82, 2.24) is 5.32 Å². The summed E-state index contributed by atoms with van der Waals surface area (Å²) in [4.78, 5) is 15.4. The van der Waals surface area contributed by atoms with Gasteiger partial charge in [-0.1, -0.05) is 53.5 Å². The summed E-state index contributed by atoms with van der Waals surface area (Å²) < 4.78 is 11.8. The Bertz CT molecular complexity index is 1180. The highest BCUT2D eigenvalue weighted by Crippen LogP contribution is 2.45. The summed E-state index contributed by atoms with van der Waals surface area (Å²) in [6.07, 6.45) is 0. The largest absolute Gasteiger partial charge is 0.465 e. The number of esters is 1. The number of hydrogen-bond acceptors (Lipinski definition) is 5. The van der Waals surface area contributed by atoms with Crippen molar-refractivity contribution in [3.63, 3.8) is 0 Å². The molecule has 1 aromatic heterocycles. The van der Waals surface area contributed by atoms with Gasteiger partial charge in [-0.3, -0.25) is 0 Å². The molecule has 0 bridgehead atoms. The van der Waals surface area contributed by atoms with E-state index in [1.807, 2.05) is 30.3 Å². The van der Waals surface area contributed by atoms with Gasteiger partial charge < -0.3 is 19.4 Å². The molecule has 7 heteroatoms. The van der Waals surface area contributed by atoms with Crippen LogP contribution in [-0.4, -0.2) is 37.2 Å². The number of carbonyl (C=O) groups excluding carboxylic acids is 1. The van der Waals surface area contributed by atoms with Crippen LogP contribution < -0.4 is 10.2 Å². The second-order valence-corrected chi connectivity index (χ2v) is 11.3. The summed E-state index contributed by atoms with van der Waals surface area (Å²) in [5.74, 6) is 0.504. The molecule has 0 amide bonds. The van der Waals surface area contributed by atoms with Crippen LogP contribution in [-0.2, 0) is 4.74 Å². The van der Waals surface area contributed by atoms with E-state index in [1.165, 1.54) is 7.11 Å². The van der Waals surface area contributed by atoms with Crippen molar-refractivity contribution >= 4 is 35.1 Å². The molecule has 0 aliphatic heterocycles. The van der Waals surface area contributed by atoms with Crippen LogP contribution >= 0.6 is 23.2 Å². The molecule has 0 saturated heterocycles. The molecule has 188 valence electrons. The van der Waals surface area contributed by atoms with Crippen LogP contribution in [0.15, 0.2) is 52.9 Å². The molecule has 0 spiro atoms. The first-order chi connectivity index (χ1) is 16.3. The number of methoxy groups -OCH3 is 1. The van der Waals surface area contributed by atoms with Crippen LogP contribution in [0.5, 0.6) is 0 Å². The lowest BCUT2D eigenvalue weighted by molar-refractivity contribution is 0.0602. The molecule has 0 fully saturated rings. The summed E-state index contributed by atoms with van der Waals surface area (Å²) in [7, 11) is 1.37. The third-order valence-electron chi connectivity index (χ3n) is 5.57. The second-order valence-electron chi connectivity index (χ2n) is 10.5. The number of hydrogen-bond donors (Lipinski definition) is 1. The molecule has 1 N–H and O–H groups in total. The summed E-state index contributed by atoms with van der Waals surface area (Å²) in [6, 6.07) is 14.9. The van der Waals surface area contributed by atoms with Crippen molar-refractivity contribution in [2.45, 2.75) is 52.6 Å². The van der Waals surface area contributed by atoms with Gasteiger partial charge >= 0.3 is 5.97 Å². The van der Waals surface area contributed by atoms with E-state index in [1.54, 1.807) is 18.2 Å². The Labute approximate surface area is 218 Å². The van der Waals surface area contributed by atoms with Crippen LogP contribution in [0, 0.1) is 0 Å². The van der Waals surface area contributed by atoms with E-state index in [2.05, 4.69) is 51.8 Å². The third-order valence-corrected chi connectivity index (χ3v) is 6.31. The molecule has 2 aromatic carbocycles. The Hall–Kier alpha value is -2.47. The zero-order valence-corrected chi connectivity index (χ0v) is 23.0. The maximum atomic E-state index is 13.2. The first-order valence-electron chi connectivity index (χ1n) is 11.6. The van der Waals surface area contributed by atoms with Crippen molar-refractivity contribution in [3.05, 3.63) is 64.1 Å². The molecule has 0 aliphatic carbocycles. The number of furan rings is 1. The van der Waals surface area contributed by atoms with Gasteiger partial charge in [0.25, 0.3) is 0 Å². The van der Waals surface area contributed by atoms with Gasteiger partial charge in [0.05, 0.1) is 22.7 Å². The van der Waals surface area contributed by atoms with E-state index in [0.29, 0.717) is 44.9 Å². The minimum Gasteiger partial charge on any atom is -0.465 e. The number of ether oxygens (including phenoxy) is 1. The fraction of sp³-hybridized carbons (Fsp3) is 0.393. The van der Waals surface area contributed by atoms with Crippen LogP contribution in [0.4, 0.5) is 5.88 Å². The summed E-state index contributed by atoms with van der Waals surface area (Å²) in [5, 5.41) is 4.35. The number of nitrogens with one attached hydrogen (secondary N) is 1. The molecule has 0 radical (unpaired) electrons. The molecule has 0 unspecified atom stereocenters. The number of carbonyl (C=O) groups is 1. The molecule has 5 nitrogen and oxygen atoms in total. The Balaban J connectivity index is 2.30. The lowest BCUT2D eigenvalue weighted by Crippen LogP contribution is -2.48. The highest BCUT2D eigenvalue weighted by atomic mass is 35.5. The zero-order valence-electron chi connectivity index (χ0n) is 21.5. The summed E-state index contributed by atoms with van der Waals surface area (Å²) >= 11 is 12.5. The van der Waals surface area contributed by atoms with Crippen LogP contribution in [0.2, 0.25) is 10.0 Å². The van der Waals surface area contributed by atoms with E-state index < -0.39 is 5.97 Å². The number of rotatable bonds is 7. The van der Waals surface area contributed by atoms with Gasteiger partial charge in [0.1, 0.15) is 5.56 Å². The standard InChI is InChI=1S/C28H34Cl2N2O3/c1-27(2,3)31-15-16-32(28(4,5)6)25-22(18-11-9-8-10-12-18)23(26(33)34-7)24(35-25)19-13-14-20(29)21(30)17-19/h8-14,17,31H,15-16H2,1-7H3. The van der Waals surface area contributed by atoms with Crippen molar-refractivity contribution in [2.75, 3.05) is 25.1 Å². The molecule has 35 heavy (non-hydrogen) atoms. The van der Waals surface area contributed by atoms with Crippen molar-refractivity contribution in [3.8, 4) is 22.5 Å². The average molecular weight is 517 g/mol. The van der Waals surface area contributed by atoms with Gasteiger partial charge in [-0.05, 0) is 65.3 Å². The van der Waals surface area contributed by atoms with Crippen LogP contribution in [0.1, 0.15) is 51.9 Å². The molecular formula is C28H34Cl2N2O3. The van der Waals surface area contributed by atoms with Gasteiger partial charge in [-0.15, -0.1) is 0 Å². The molecule has 0 saturated carbocycles. The van der Waals surface area contributed by atoms with Gasteiger partial charge in [-0.2, -0.15) is 0 Å². The first kappa shape index (κ1) is 27.1. The van der Waals surface area contributed by atoms with Gasteiger partial charge in [0.2, 0.25) is 5.88 Å². The predicted octanol–water partition coefficient (Wildman–Crippen LogP) is 7.70. The van der Waals surface area contributed by atoms with Crippen LogP contribution in [0.25, 0.3) is 22.5 Å². The predicted molar refractivity (Wildman–Crippen MR) is 146 cm³/mol. The van der Waals surface area contributed by atoms with E-state index in [4.69, 9.17) is 32.4 Å². The molecule has 0 atom stereocenters. The van der Waals surface area contributed by atoms with Crippen molar-refractivity contribution < 1.29 is 13.9 Å². The van der Waals surface area contributed by atoms with Crippen molar-refractivity contribution in [1.29, 1.82) is 0 Å². The number of halogens is 2. The first-order valence-corrected chi connectivity index (χ1v) is 12.4. The maximum Gasteiger partial charge on any atom is 0.342 e. The number of benzene rings is 2. The fourth-order valence-electron chi connectivity index (χ4n) is 3.90. The molecular weight excluding hydrogens is 483 g/mol. The second kappa shape index (κ2) is 10.7. The highest BCUT2D eigenvalue weighted by molar-refractivity contribution is 6.42. The Morgan fingerprint density at radius 2 is 1.63 bits per heavy atom. The lowest BCUT2D eigenvalue weighted by Gasteiger charge is -2.37. The minimum atomic E-state index is -0.485. The SMILES string of the molecule is COC(=O)c1c(-c2ccc(Cl)c(Cl)c2)oc(N(CCNC(C)(C)C)C(C)(C)C)c1-c1ccccc1. The van der Waals surface area contributed by atoms with E-state index >= 15 is 0 Å². The van der Waals surface area contributed by atoms with E-state index in [9.17, 15) is 4.79 Å². The molecule has 3 rings (SSSR count). The Morgan fingerprint density at radius 1 is 0.971 bits per heavy atom. The minimum absolute atomic E-state index is 0.0304. The molecule has 1 heterocycles. The molecule has 0 aliphatic rings. The fourth-order valence-corrected chi connectivity index (χ4v) is 4.20. The number of anilines is 1. The van der Waals surface area contributed by atoms with Crippen LogP contribution in [0.3, 0.4) is 0 Å². The smallest absolute Gasteiger partial charge is 0.342 e. The highest BCUT2D eigenvalue weighted by Gasteiger charge is 2.34. The van der Waals surface area contributed by atoms with E-state index in [0.717, 1.165) is 12.1 Å².